The van der Waals surface area contributed by atoms with Crippen LogP contribution in [0.2, 0.25) is 0 Å². The highest BCUT2D eigenvalue weighted by atomic mass is 19.4. The molecule has 1 N–H and O–H groups in total. The van der Waals surface area contributed by atoms with Crippen molar-refractivity contribution in [1.82, 2.24) is 15.1 Å². The van der Waals surface area contributed by atoms with Gasteiger partial charge in [0.05, 0.1) is 11.3 Å². The van der Waals surface area contributed by atoms with Crippen molar-refractivity contribution in [3.05, 3.63) is 93.4 Å². The minimum atomic E-state index is -4.52. The van der Waals surface area contributed by atoms with E-state index in [1.807, 2.05) is 37.3 Å². The van der Waals surface area contributed by atoms with Gasteiger partial charge in [0.2, 0.25) is 5.43 Å². The molecule has 30 heavy (non-hydrogen) atoms. The molecule has 1 amide bonds. The largest absolute Gasteiger partial charge is 0.416 e. The van der Waals surface area contributed by atoms with Gasteiger partial charge in [0.25, 0.3) is 5.91 Å². The van der Waals surface area contributed by atoms with Crippen LogP contribution in [0.1, 0.15) is 40.2 Å². The summed E-state index contributed by atoms with van der Waals surface area (Å²) < 4.78 is 40.2. The molecule has 0 aliphatic rings. The average molecular weight is 415 g/mol. The van der Waals surface area contributed by atoms with Gasteiger partial charge in [-0.1, -0.05) is 43.3 Å². The van der Waals surface area contributed by atoms with Crippen LogP contribution in [-0.2, 0) is 6.18 Å². The summed E-state index contributed by atoms with van der Waals surface area (Å²) in [6.07, 6.45) is -4.52. The van der Waals surface area contributed by atoms with Crippen LogP contribution in [0.5, 0.6) is 0 Å². The molecule has 3 rings (SSSR count). The first-order valence-electron chi connectivity index (χ1n) is 9.28. The number of hydrogen-bond acceptors (Lipinski definition) is 3. The Bertz CT molecular complexity index is 1110. The number of rotatable bonds is 5. The molecule has 0 aliphatic carbocycles. The van der Waals surface area contributed by atoms with Crippen molar-refractivity contribution >= 4 is 5.91 Å². The lowest BCUT2D eigenvalue weighted by molar-refractivity contribution is -0.137. The molecule has 1 unspecified atom stereocenters. The van der Waals surface area contributed by atoms with Crippen LogP contribution in [0.25, 0.3) is 5.69 Å². The third-order valence-corrected chi connectivity index (χ3v) is 4.68. The summed E-state index contributed by atoms with van der Waals surface area (Å²) in [5.41, 5.74) is -0.375. The number of carbonyl (C=O) groups excluding carboxylic acids is 1. The van der Waals surface area contributed by atoms with Gasteiger partial charge in [-0.3, -0.25) is 9.59 Å². The summed E-state index contributed by atoms with van der Waals surface area (Å²) in [7, 11) is 0. The number of hydrogen-bond donors (Lipinski definition) is 1. The summed E-state index contributed by atoms with van der Waals surface area (Å²) in [4.78, 5) is 24.8. The number of aromatic nitrogens is 2. The van der Waals surface area contributed by atoms with Gasteiger partial charge in [0, 0.05) is 18.3 Å². The third kappa shape index (κ3) is 4.76. The molecular weight excluding hydrogens is 395 g/mol. The molecule has 5 nitrogen and oxygen atoms in total. The van der Waals surface area contributed by atoms with Crippen molar-refractivity contribution in [3.8, 4) is 5.69 Å². The summed E-state index contributed by atoms with van der Waals surface area (Å²) in [6.45, 7) is 3.74. The zero-order valence-corrected chi connectivity index (χ0v) is 16.4. The molecule has 8 heteroatoms. The standard InChI is InChI=1S/C22H20F3N3O2/c1-14(16-7-4-3-5-8-16)13-26-21(30)20-19(29)11-15(2)28(27-20)18-10-6-9-17(12-18)22(23,24)25/h3-12,14H,13H2,1-2H3,(H,26,30). The van der Waals surface area contributed by atoms with Crippen LogP contribution in [0.4, 0.5) is 13.2 Å². The van der Waals surface area contributed by atoms with Gasteiger partial charge in [-0.15, -0.1) is 0 Å². The van der Waals surface area contributed by atoms with Crippen LogP contribution in [0, 0.1) is 6.92 Å². The maximum absolute atomic E-state index is 13.0. The molecule has 0 radical (unpaired) electrons. The summed E-state index contributed by atoms with van der Waals surface area (Å²) in [6, 6.07) is 15.3. The summed E-state index contributed by atoms with van der Waals surface area (Å²) >= 11 is 0. The number of halogens is 3. The van der Waals surface area contributed by atoms with E-state index in [0.29, 0.717) is 5.69 Å². The van der Waals surface area contributed by atoms with E-state index in [2.05, 4.69) is 10.4 Å². The fraction of sp³-hybridized carbons (Fsp3) is 0.227. The Hall–Kier alpha value is -3.42. The van der Waals surface area contributed by atoms with Gasteiger partial charge in [-0.25, -0.2) is 4.68 Å². The van der Waals surface area contributed by atoms with Crippen molar-refractivity contribution in [3.63, 3.8) is 0 Å². The van der Waals surface area contributed by atoms with E-state index in [4.69, 9.17) is 0 Å². The molecule has 2 aromatic carbocycles. The second-order valence-corrected chi connectivity index (χ2v) is 6.98. The van der Waals surface area contributed by atoms with Crippen LogP contribution in [0.15, 0.2) is 65.5 Å². The lowest BCUT2D eigenvalue weighted by Gasteiger charge is -2.15. The number of nitrogens with zero attached hydrogens (tertiary/aromatic N) is 2. The van der Waals surface area contributed by atoms with Crippen LogP contribution < -0.4 is 10.7 Å². The first-order chi connectivity index (χ1) is 14.2. The molecule has 0 bridgehead atoms. The zero-order chi connectivity index (χ0) is 21.9. The molecule has 1 aromatic heterocycles. The Labute approximate surface area is 171 Å². The average Bonchev–Trinajstić information content (AvgIpc) is 2.72. The number of alkyl halides is 3. The second-order valence-electron chi connectivity index (χ2n) is 6.98. The monoisotopic (exact) mass is 415 g/mol. The van der Waals surface area contributed by atoms with E-state index >= 15 is 0 Å². The van der Waals surface area contributed by atoms with Crippen LogP contribution in [-0.4, -0.2) is 22.2 Å². The third-order valence-electron chi connectivity index (χ3n) is 4.68. The van der Waals surface area contributed by atoms with Crippen LogP contribution >= 0.6 is 0 Å². The smallest absolute Gasteiger partial charge is 0.350 e. The number of carbonyl (C=O) groups is 1. The summed E-state index contributed by atoms with van der Waals surface area (Å²) in [5.74, 6) is -0.671. The molecule has 0 aliphatic heterocycles. The molecule has 0 saturated heterocycles. The highest BCUT2D eigenvalue weighted by Crippen LogP contribution is 2.30. The lowest BCUT2D eigenvalue weighted by Crippen LogP contribution is -2.34. The lowest BCUT2D eigenvalue weighted by atomic mass is 10.0. The topological polar surface area (TPSA) is 64.0 Å². The number of amides is 1. The fourth-order valence-electron chi connectivity index (χ4n) is 3.01. The Balaban J connectivity index is 1.86. The van der Waals surface area contributed by atoms with Crippen molar-refractivity contribution in [2.45, 2.75) is 25.9 Å². The van der Waals surface area contributed by atoms with Crippen molar-refractivity contribution in [1.29, 1.82) is 0 Å². The highest BCUT2D eigenvalue weighted by molar-refractivity contribution is 5.92. The van der Waals surface area contributed by atoms with E-state index in [1.54, 1.807) is 0 Å². The predicted molar refractivity (Wildman–Crippen MR) is 107 cm³/mol. The highest BCUT2D eigenvalue weighted by Gasteiger charge is 2.30. The number of nitrogens with one attached hydrogen (secondary N) is 1. The minimum absolute atomic E-state index is 0.00583. The predicted octanol–water partition coefficient (Wildman–Crippen LogP) is 4.09. The van der Waals surface area contributed by atoms with Crippen molar-refractivity contribution in [2.24, 2.45) is 0 Å². The Kier molecular flexibility index (Phi) is 6.05. The van der Waals surface area contributed by atoms with Gasteiger partial charge in [-0.2, -0.15) is 18.3 Å². The first-order valence-corrected chi connectivity index (χ1v) is 9.28. The Morgan fingerprint density at radius 3 is 2.47 bits per heavy atom. The Morgan fingerprint density at radius 2 is 1.80 bits per heavy atom. The van der Waals surface area contributed by atoms with Gasteiger partial charge < -0.3 is 5.32 Å². The minimum Gasteiger partial charge on any atom is -0.350 e. The summed E-state index contributed by atoms with van der Waals surface area (Å²) in [5, 5.41) is 6.72. The zero-order valence-electron chi connectivity index (χ0n) is 16.4. The van der Waals surface area contributed by atoms with Crippen LogP contribution in [0.3, 0.4) is 0 Å². The molecule has 0 fully saturated rings. The molecule has 3 aromatic rings. The molecular formula is C22H20F3N3O2. The van der Waals surface area contributed by atoms with E-state index in [-0.39, 0.29) is 23.8 Å². The molecule has 0 saturated carbocycles. The second kappa shape index (κ2) is 8.52. The molecule has 1 heterocycles. The molecule has 1 atom stereocenters. The van der Waals surface area contributed by atoms with Crippen molar-refractivity contribution in [2.75, 3.05) is 6.54 Å². The fourth-order valence-corrected chi connectivity index (χ4v) is 3.01. The van der Waals surface area contributed by atoms with Gasteiger partial charge in [0.1, 0.15) is 0 Å². The van der Waals surface area contributed by atoms with E-state index in [1.165, 1.54) is 25.1 Å². The molecule has 156 valence electrons. The SMILES string of the molecule is Cc1cc(=O)c(C(=O)NCC(C)c2ccccc2)nn1-c1cccc(C(F)(F)F)c1. The first kappa shape index (κ1) is 21.3. The van der Waals surface area contributed by atoms with Gasteiger partial charge in [-0.05, 0) is 36.6 Å². The van der Waals surface area contributed by atoms with Gasteiger partial charge in [0.15, 0.2) is 5.69 Å². The van der Waals surface area contributed by atoms with E-state index in [0.717, 1.165) is 22.4 Å². The Morgan fingerprint density at radius 1 is 1.10 bits per heavy atom. The normalized spacial score (nSPS) is 12.4. The van der Waals surface area contributed by atoms with E-state index in [9.17, 15) is 22.8 Å². The molecule has 0 spiro atoms. The maximum Gasteiger partial charge on any atom is 0.416 e. The van der Waals surface area contributed by atoms with Crippen molar-refractivity contribution < 1.29 is 18.0 Å². The van der Waals surface area contributed by atoms with Gasteiger partial charge >= 0.3 is 6.18 Å². The number of aryl methyl sites for hydroxylation is 1. The maximum atomic E-state index is 13.0. The van der Waals surface area contributed by atoms with E-state index < -0.39 is 23.1 Å². The quantitative estimate of drug-likeness (QED) is 0.683. The number of benzene rings is 2.